The average Bonchev–Trinajstić information content (AvgIpc) is 2.94. The fourth-order valence-electron chi connectivity index (χ4n) is 2.42. The molecule has 0 spiro atoms. The summed E-state index contributed by atoms with van der Waals surface area (Å²) < 4.78 is 5.56. The van der Waals surface area contributed by atoms with Crippen LogP contribution in [0.2, 0.25) is 0 Å². The summed E-state index contributed by atoms with van der Waals surface area (Å²) in [5, 5.41) is 4.63. The second kappa shape index (κ2) is 6.04. The summed E-state index contributed by atoms with van der Waals surface area (Å²) in [6, 6.07) is 10.7. The van der Waals surface area contributed by atoms with Crippen LogP contribution >= 0.6 is 11.3 Å². The Bertz CT molecular complexity index is 559. The molecule has 1 atom stereocenters. The average molecular weight is 288 g/mol. The van der Waals surface area contributed by atoms with E-state index in [0.717, 1.165) is 30.5 Å². The number of aromatic nitrogens is 1. The van der Waals surface area contributed by atoms with Gasteiger partial charge >= 0.3 is 0 Å². The van der Waals surface area contributed by atoms with Crippen LogP contribution < -0.4 is 5.32 Å². The van der Waals surface area contributed by atoms with E-state index in [1.54, 1.807) is 0 Å². The van der Waals surface area contributed by atoms with Crippen molar-refractivity contribution in [1.82, 2.24) is 10.3 Å². The van der Waals surface area contributed by atoms with Crippen molar-refractivity contribution < 1.29 is 4.74 Å². The fourth-order valence-corrected chi connectivity index (χ4v) is 3.57. The Morgan fingerprint density at radius 3 is 2.75 bits per heavy atom. The molecule has 3 nitrogen and oxygen atoms in total. The van der Waals surface area contributed by atoms with Gasteiger partial charge in [0.05, 0.1) is 24.9 Å². The van der Waals surface area contributed by atoms with Crippen LogP contribution in [0.3, 0.4) is 0 Å². The van der Waals surface area contributed by atoms with E-state index in [1.165, 1.54) is 10.4 Å². The van der Waals surface area contributed by atoms with Crippen molar-refractivity contribution in [2.75, 3.05) is 19.8 Å². The second-order valence-electron chi connectivity index (χ2n) is 5.37. The van der Waals surface area contributed by atoms with Gasteiger partial charge in [-0.25, -0.2) is 4.98 Å². The highest BCUT2D eigenvalue weighted by Crippen LogP contribution is 2.36. The van der Waals surface area contributed by atoms with E-state index in [2.05, 4.69) is 43.4 Å². The number of rotatable bonds is 3. The van der Waals surface area contributed by atoms with Crippen LogP contribution in [0, 0.1) is 0 Å². The molecule has 0 saturated carbocycles. The fraction of sp³-hybridized carbons (Fsp3) is 0.438. The van der Waals surface area contributed by atoms with Gasteiger partial charge in [-0.2, -0.15) is 0 Å². The van der Waals surface area contributed by atoms with E-state index in [-0.39, 0.29) is 6.04 Å². The number of thiazole rings is 1. The van der Waals surface area contributed by atoms with Crippen molar-refractivity contribution >= 4 is 11.3 Å². The van der Waals surface area contributed by atoms with Gasteiger partial charge in [-0.05, 0) is 5.92 Å². The van der Waals surface area contributed by atoms with Crippen LogP contribution in [0.4, 0.5) is 0 Å². The number of nitrogens with zero attached hydrogens (tertiary/aromatic N) is 1. The van der Waals surface area contributed by atoms with E-state index in [0.29, 0.717) is 5.92 Å². The lowest BCUT2D eigenvalue weighted by molar-refractivity contribution is 0.0768. The molecule has 4 heteroatoms. The van der Waals surface area contributed by atoms with Crippen LogP contribution in [0.15, 0.2) is 30.3 Å². The topological polar surface area (TPSA) is 34.1 Å². The third-order valence-electron chi connectivity index (χ3n) is 3.46. The molecule has 1 saturated heterocycles. The number of ether oxygens (including phenoxy) is 1. The lowest BCUT2D eigenvalue weighted by Gasteiger charge is -2.21. The Balaban J connectivity index is 1.98. The van der Waals surface area contributed by atoms with Gasteiger partial charge < -0.3 is 10.1 Å². The predicted molar refractivity (Wildman–Crippen MR) is 83.2 cm³/mol. The van der Waals surface area contributed by atoms with E-state index in [1.807, 2.05) is 17.4 Å². The van der Waals surface area contributed by atoms with Gasteiger partial charge in [0, 0.05) is 17.0 Å². The zero-order chi connectivity index (χ0) is 13.9. The Hall–Kier alpha value is -1.23. The van der Waals surface area contributed by atoms with Crippen molar-refractivity contribution in [2.45, 2.75) is 25.8 Å². The maximum atomic E-state index is 5.56. The third kappa shape index (κ3) is 2.77. The van der Waals surface area contributed by atoms with Gasteiger partial charge in [0.2, 0.25) is 0 Å². The molecule has 3 rings (SSSR count). The van der Waals surface area contributed by atoms with Gasteiger partial charge in [0.15, 0.2) is 0 Å². The van der Waals surface area contributed by atoms with Crippen molar-refractivity contribution in [2.24, 2.45) is 0 Å². The minimum Gasteiger partial charge on any atom is -0.378 e. The molecule has 1 aromatic carbocycles. The molecule has 1 aliphatic rings. The Morgan fingerprint density at radius 1 is 1.30 bits per heavy atom. The molecule has 2 aromatic rings. The molecule has 1 fully saturated rings. The van der Waals surface area contributed by atoms with Crippen LogP contribution in [0.5, 0.6) is 0 Å². The monoisotopic (exact) mass is 288 g/mol. The molecule has 0 aliphatic carbocycles. The summed E-state index contributed by atoms with van der Waals surface area (Å²) in [6.07, 6.45) is 0. The highest BCUT2D eigenvalue weighted by atomic mass is 32.1. The van der Waals surface area contributed by atoms with E-state index >= 15 is 0 Å². The number of hydrogen-bond acceptors (Lipinski definition) is 4. The molecule has 1 aliphatic heterocycles. The summed E-state index contributed by atoms with van der Waals surface area (Å²) >= 11 is 1.82. The minimum absolute atomic E-state index is 0.240. The van der Waals surface area contributed by atoms with Crippen LogP contribution in [-0.2, 0) is 4.74 Å². The van der Waals surface area contributed by atoms with Crippen LogP contribution in [0.1, 0.15) is 35.7 Å². The van der Waals surface area contributed by atoms with Gasteiger partial charge in [0.1, 0.15) is 5.01 Å². The van der Waals surface area contributed by atoms with Crippen molar-refractivity contribution in [3.05, 3.63) is 40.2 Å². The smallest absolute Gasteiger partial charge is 0.113 e. The minimum atomic E-state index is 0.240. The molecular weight excluding hydrogens is 268 g/mol. The first-order valence-electron chi connectivity index (χ1n) is 7.13. The molecule has 1 N–H and O–H groups in total. The molecule has 106 valence electrons. The quantitative estimate of drug-likeness (QED) is 0.937. The molecule has 0 radical (unpaired) electrons. The molecule has 1 aromatic heterocycles. The van der Waals surface area contributed by atoms with Crippen LogP contribution in [0.25, 0.3) is 11.3 Å². The molecule has 0 amide bonds. The van der Waals surface area contributed by atoms with Gasteiger partial charge in [-0.1, -0.05) is 44.2 Å². The molecule has 20 heavy (non-hydrogen) atoms. The molecular formula is C16H20N2OS. The van der Waals surface area contributed by atoms with E-state index in [9.17, 15) is 0 Å². The number of benzene rings is 1. The number of nitrogens with one attached hydrogen (secondary N) is 1. The van der Waals surface area contributed by atoms with Crippen molar-refractivity contribution in [3.63, 3.8) is 0 Å². The first kappa shape index (κ1) is 13.7. The number of hydrogen-bond donors (Lipinski definition) is 1. The summed E-state index contributed by atoms with van der Waals surface area (Å²) in [5.41, 5.74) is 2.34. The lowest BCUT2D eigenvalue weighted by atomic mass is 10.1. The van der Waals surface area contributed by atoms with Crippen LogP contribution in [-0.4, -0.2) is 24.7 Å². The van der Waals surface area contributed by atoms with Gasteiger partial charge in [-0.15, -0.1) is 11.3 Å². The zero-order valence-electron chi connectivity index (χ0n) is 11.9. The van der Waals surface area contributed by atoms with E-state index < -0.39 is 0 Å². The molecule has 1 unspecified atom stereocenters. The summed E-state index contributed by atoms with van der Waals surface area (Å²) in [4.78, 5) is 6.26. The van der Waals surface area contributed by atoms with E-state index in [4.69, 9.17) is 9.72 Å². The Morgan fingerprint density at radius 2 is 2.10 bits per heavy atom. The summed E-state index contributed by atoms with van der Waals surface area (Å²) in [5.74, 6) is 0.487. The Kier molecular flexibility index (Phi) is 4.15. The maximum Gasteiger partial charge on any atom is 0.113 e. The molecule has 0 bridgehead atoms. The molecule has 2 heterocycles. The normalized spacial score (nSPS) is 19.4. The zero-order valence-corrected chi connectivity index (χ0v) is 12.7. The highest BCUT2D eigenvalue weighted by Gasteiger charge is 2.23. The van der Waals surface area contributed by atoms with Crippen molar-refractivity contribution in [1.29, 1.82) is 0 Å². The second-order valence-corrected chi connectivity index (χ2v) is 6.43. The maximum absolute atomic E-state index is 5.56. The lowest BCUT2D eigenvalue weighted by Crippen LogP contribution is -2.34. The highest BCUT2D eigenvalue weighted by molar-refractivity contribution is 7.12. The summed E-state index contributed by atoms with van der Waals surface area (Å²) in [6.45, 7) is 6.88. The number of morpholine rings is 1. The van der Waals surface area contributed by atoms with Crippen molar-refractivity contribution in [3.8, 4) is 11.3 Å². The van der Waals surface area contributed by atoms with Gasteiger partial charge in [-0.3, -0.25) is 0 Å². The summed E-state index contributed by atoms with van der Waals surface area (Å²) in [7, 11) is 0. The first-order chi connectivity index (χ1) is 9.75. The third-order valence-corrected chi connectivity index (χ3v) is 4.93. The standard InChI is InChI=1S/C16H20N2OS/c1-11(2)15-14(12-6-4-3-5-7-12)18-16(20-15)13-10-19-9-8-17-13/h3-7,11,13,17H,8-10H2,1-2H3. The Labute approximate surface area is 124 Å². The van der Waals surface area contributed by atoms with Gasteiger partial charge in [0.25, 0.3) is 0 Å². The first-order valence-corrected chi connectivity index (χ1v) is 7.94. The SMILES string of the molecule is CC(C)c1sc(C2COCCN2)nc1-c1ccccc1. The largest absolute Gasteiger partial charge is 0.378 e. The predicted octanol–water partition coefficient (Wildman–Crippen LogP) is 3.59.